The van der Waals surface area contributed by atoms with Gasteiger partial charge in [0.2, 0.25) is 17.6 Å². The number of rotatable bonds is 13. The maximum Gasteiger partial charge on any atom is 0.315 e. The Bertz CT molecular complexity index is 1350. The Morgan fingerprint density at radius 1 is 0.918 bits per heavy atom. The van der Waals surface area contributed by atoms with Crippen LogP contribution in [0.5, 0.6) is 0 Å². The molecule has 0 aromatic rings. The fourth-order valence-corrected chi connectivity index (χ4v) is 8.76. The summed E-state index contributed by atoms with van der Waals surface area (Å²) in [5.41, 5.74) is -1.73. The molecule has 0 unspecified atom stereocenters. The molecule has 4 atom stereocenters. The molecule has 0 aromatic carbocycles. The van der Waals surface area contributed by atoms with Crippen molar-refractivity contribution in [1.82, 2.24) is 26.2 Å². The Hall–Kier alpha value is -2.96. The average Bonchev–Trinajstić information content (AvgIpc) is 3.41. The maximum absolute atomic E-state index is 14.5. The summed E-state index contributed by atoms with van der Waals surface area (Å²) in [6.45, 7) is 18.4. The summed E-state index contributed by atoms with van der Waals surface area (Å²) in [4.78, 5) is 69.7. The van der Waals surface area contributed by atoms with Crippen LogP contribution in [0.2, 0.25) is 0 Å². The van der Waals surface area contributed by atoms with E-state index in [0.29, 0.717) is 32.1 Å². The smallest absolute Gasteiger partial charge is 0.315 e. The predicted octanol–water partition coefficient (Wildman–Crippen LogP) is 3.65. The fraction of sp³-hybridized carbons (Fsp3) is 0.806. The molecule has 0 aromatic heterocycles. The van der Waals surface area contributed by atoms with E-state index in [1.165, 1.54) is 11.0 Å². The second-order valence-corrected chi connectivity index (χ2v) is 19.6. The third kappa shape index (κ3) is 9.85. The summed E-state index contributed by atoms with van der Waals surface area (Å²) in [6, 6.07) is -3.58. The average molecular weight is 708 g/mol. The van der Waals surface area contributed by atoms with Gasteiger partial charge in [-0.25, -0.2) is 13.2 Å². The van der Waals surface area contributed by atoms with Gasteiger partial charge in [-0.15, -0.1) is 6.58 Å². The SMILES string of the molecule is C=CCNC(=O)C(=O)[C@@H](NC(=O)[C@@H]1[C@@H](C(C)C)CCN1C(=O)[C@@H](NC(=O)NC1(CS(=O)(=O)C(C)(C)C)CCCCC1)C(C)(C)C)C1CCC1. The van der Waals surface area contributed by atoms with Gasteiger partial charge in [0.25, 0.3) is 5.91 Å². The quantitative estimate of drug-likeness (QED) is 0.167. The van der Waals surface area contributed by atoms with E-state index >= 15 is 0 Å². The van der Waals surface area contributed by atoms with Gasteiger partial charge in [-0.3, -0.25) is 19.2 Å². The number of hydrogen-bond donors (Lipinski definition) is 4. The van der Waals surface area contributed by atoms with Crippen molar-refractivity contribution < 1.29 is 32.4 Å². The molecule has 1 saturated heterocycles. The van der Waals surface area contributed by atoms with Crippen LogP contribution in [0.15, 0.2) is 12.7 Å². The number of sulfone groups is 1. The highest BCUT2D eigenvalue weighted by molar-refractivity contribution is 7.92. The van der Waals surface area contributed by atoms with E-state index < -0.39 is 73.2 Å². The lowest BCUT2D eigenvalue weighted by Gasteiger charge is -2.41. The predicted molar refractivity (Wildman–Crippen MR) is 190 cm³/mol. The Morgan fingerprint density at radius 2 is 1.53 bits per heavy atom. The first-order valence-electron chi connectivity index (χ1n) is 18.0. The topological polar surface area (TPSA) is 171 Å². The number of nitrogens with zero attached hydrogens (tertiary/aromatic N) is 1. The Balaban J connectivity index is 1.87. The number of carbonyl (C=O) groups excluding carboxylic acids is 5. The highest BCUT2D eigenvalue weighted by Gasteiger charge is 2.49. The molecule has 4 N–H and O–H groups in total. The monoisotopic (exact) mass is 707 g/mol. The molecule has 1 heterocycles. The third-order valence-electron chi connectivity index (χ3n) is 10.7. The minimum atomic E-state index is -3.56. The van der Waals surface area contributed by atoms with Crippen LogP contribution in [0.1, 0.15) is 113 Å². The van der Waals surface area contributed by atoms with E-state index in [-0.39, 0.29) is 36.6 Å². The van der Waals surface area contributed by atoms with Gasteiger partial charge in [-0.2, -0.15) is 0 Å². The lowest BCUT2D eigenvalue weighted by Crippen LogP contribution is -2.64. The minimum absolute atomic E-state index is 0.0302. The summed E-state index contributed by atoms with van der Waals surface area (Å²) < 4.78 is 25.6. The van der Waals surface area contributed by atoms with Crippen molar-refractivity contribution in [3.63, 3.8) is 0 Å². The largest absolute Gasteiger partial charge is 0.346 e. The first-order valence-corrected chi connectivity index (χ1v) is 19.6. The number of Topliss-reactive ketones (excluding diaryl/α,β-unsaturated/α-hetero) is 1. The fourth-order valence-electron chi connectivity index (χ4n) is 7.24. The molecular formula is C36H61N5O7S. The lowest BCUT2D eigenvalue weighted by molar-refractivity contribution is -0.145. The maximum atomic E-state index is 14.5. The van der Waals surface area contributed by atoms with Crippen molar-refractivity contribution in [2.45, 2.75) is 142 Å². The molecule has 0 bridgehead atoms. The highest BCUT2D eigenvalue weighted by atomic mass is 32.2. The van der Waals surface area contributed by atoms with Crippen molar-refractivity contribution in [3.05, 3.63) is 12.7 Å². The molecule has 2 saturated carbocycles. The number of hydrogen-bond acceptors (Lipinski definition) is 7. The second-order valence-electron chi connectivity index (χ2n) is 16.8. The van der Waals surface area contributed by atoms with Crippen LogP contribution in [-0.2, 0) is 29.0 Å². The molecule has 2 aliphatic carbocycles. The van der Waals surface area contributed by atoms with Crippen LogP contribution in [0.25, 0.3) is 0 Å². The van der Waals surface area contributed by atoms with Gasteiger partial charge in [0.05, 0.1) is 16.0 Å². The van der Waals surface area contributed by atoms with Crippen LogP contribution in [0.3, 0.4) is 0 Å². The molecule has 278 valence electrons. The van der Waals surface area contributed by atoms with Crippen LogP contribution in [0, 0.1) is 23.2 Å². The number of carbonyl (C=O) groups is 5. The molecule has 0 spiro atoms. The van der Waals surface area contributed by atoms with E-state index in [4.69, 9.17) is 0 Å². The molecule has 49 heavy (non-hydrogen) atoms. The zero-order valence-corrected chi connectivity index (χ0v) is 31.8. The minimum Gasteiger partial charge on any atom is -0.346 e. The van der Waals surface area contributed by atoms with Crippen LogP contribution in [-0.4, -0.2) is 90.1 Å². The van der Waals surface area contributed by atoms with Gasteiger partial charge in [-0.1, -0.05) is 66.4 Å². The van der Waals surface area contributed by atoms with Gasteiger partial charge in [0, 0.05) is 13.1 Å². The van der Waals surface area contributed by atoms with E-state index in [9.17, 15) is 32.4 Å². The Morgan fingerprint density at radius 3 is 2.02 bits per heavy atom. The summed E-state index contributed by atoms with van der Waals surface area (Å²) >= 11 is 0. The van der Waals surface area contributed by atoms with Crippen molar-refractivity contribution in [3.8, 4) is 0 Å². The van der Waals surface area contributed by atoms with Crippen LogP contribution < -0.4 is 21.3 Å². The van der Waals surface area contributed by atoms with E-state index in [2.05, 4.69) is 27.8 Å². The van der Waals surface area contributed by atoms with Crippen LogP contribution in [0.4, 0.5) is 4.79 Å². The van der Waals surface area contributed by atoms with Crippen molar-refractivity contribution in [2.24, 2.45) is 23.2 Å². The van der Waals surface area contributed by atoms with Crippen molar-refractivity contribution >= 4 is 39.4 Å². The molecule has 13 heteroatoms. The first-order chi connectivity index (χ1) is 22.6. The van der Waals surface area contributed by atoms with Gasteiger partial charge in [0.15, 0.2) is 9.84 Å². The zero-order chi connectivity index (χ0) is 36.9. The normalized spacial score (nSPS) is 22.8. The molecule has 5 amide bonds. The van der Waals surface area contributed by atoms with E-state index in [1.54, 1.807) is 20.8 Å². The number of ketones is 1. The van der Waals surface area contributed by atoms with Gasteiger partial charge in [-0.05, 0) is 76.0 Å². The zero-order valence-electron chi connectivity index (χ0n) is 30.9. The molecule has 3 rings (SSSR count). The second kappa shape index (κ2) is 15.9. The van der Waals surface area contributed by atoms with E-state index in [0.717, 1.165) is 25.7 Å². The molecule has 3 aliphatic rings. The molecule has 1 aliphatic heterocycles. The number of amides is 5. The third-order valence-corrected chi connectivity index (χ3v) is 13.5. The van der Waals surface area contributed by atoms with Gasteiger partial charge < -0.3 is 26.2 Å². The van der Waals surface area contributed by atoms with Crippen molar-refractivity contribution in [2.75, 3.05) is 18.8 Å². The number of likely N-dealkylation sites (tertiary alicyclic amines) is 1. The molecule has 0 radical (unpaired) electrons. The number of urea groups is 1. The molecule has 3 fully saturated rings. The van der Waals surface area contributed by atoms with E-state index in [1.807, 2.05) is 34.6 Å². The first kappa shape index (κ1) is 40.5. The summed E-state index contributed by atoms with van der Waals surface area (Å²) in [5.74, 6) is -2.96. The molecule has 12 nitrogen and oxygen atoms in total. The summed E-state index contributed by atoms with van der Waals surface area (Å²) in [5, 5.41) is 11.3. The van der Waals surface area contributed by atoms with Gasteiger partial charge >= 0.3 is 6.03 Å². The number of nitrogens with one attached hydrogen (secondary N) is 4. The van der Waals surface area contributed by atoms with Crippen LogP contribution >= 0.6 is 0 Å². The highest BCUT2D eigenvalue weighted by Crippen LogP contribution is 2.36. The Kier molecular flexibility index (Phi) is 13.2. The molecular weight excluding hydrogens is 646 g/mol. The van der Waals surface area contributed by atoms with Gasteiger partial charge in [0.1, 0.15) is 18.1 Å². The Labute approximate surface area is 293 Å². The van der Waals surface area contributed by atoms with Crippen molar-refractivity contribution in [1.29, 1.82) is 0 Å². The summed E-state index contributed by atoms with van der Waals surface area (Å²) in [6.07, 6.45) is 7.87. The summed E-state index contributed by atoms with van der Waals surface area (Å²) in [7, 11) is -3.56. The lowest BCUT2D eigenvalue weighted by atomic mass is 9.77. The standard InChI is InChI=1S/C36H61N5O7S/c1-10-20-37-31(44)28(42)26(24-15-14-16-24)38-30(43)27-25(23(2)3)17-21-41(27)32(45)29(34(4,5)6)39-33(46)40-36(18-12-11-13-19-36)22-49(47,48)35(7,8)9/h10,23-27,29H,1,11-22H2,2-9H3,(H,37,44)(H,38,43)(H2,39,40,46)/t25-,26+,27+,29-/m1/s1.